The van der Waals surface area contributed by atoms with E-state index in [-0.39, 0.29) is 5.56 Å². The van der Waals surface area contributed by atoms with Gasteiger partial charge in [-0.05, 0) is 18.2 Å². The van der Waals surface area contributed by atoms with Gasteiger partial charge in [0.15, 0.2) is 0 Å². The largest absolute Gasteiger partial charge is 0.495 e. The molecular formula is C13H11F2NO2. The van der Waals surface area contributed by atoms with Crippen molar-refractivity contribution in [2.24, 2.45) is 0 Å². The molecule has 0 radical (unpaired) electrons. The first kappa shape index (κ1) is 12.4. The Morgan fingerprint density at radius 1 is 1.22 bits per heavy atom. The molecule has 0 aliphatic rings. The molecule has 0 bridgehead atoms. The van der Waals surface area contributed by atoms with Gasteiger partial charge in [-0.1, -0.05) is 6.07 Å². The fourth-order valence-corrected chi connectivity index (χ4v) is 1.64. The maximum atomic E-state index is 13.5. The van der Waals surface area contributed by atoms with Crippen LogP contribution in [0.15, 0.2) is 36.7 Å². The fourth-order valence-electron chi connectivity index (χ4n) is 1.64. The van der Waals surface area contributed by atoms with E-state index in [2.05, 4.69) is 4.98 Å². The molecule has 1 aromatic carbocycles. The Morgan fingerprint density at radius 3 is 2.50 bits per heavy atom. The number of hydrogen-bond donors (Lipinski definition) is 1. The Labute approximate surface area is 103 Å². The van der Waals surface area contributed by atoms with Crippen molar-refractivity contribution in [3.63, 3.8) is 0 Å². The minimum absolute atomic E-state index is 0.262. The minimum atomic E-state index is -1.42. The van der Waals surface area contributed by atoms with Crippen LogP contribution >= 0.6 is 0 Å². The molecule has 0 aliphatic heterocycles. The fraction of sp³-hybridized carbons (Fsp3) is 0.154. The number of ether oxygens (including phenoxy) is 1. The SMILES string of the molecule is COc1cncc(C(O)c2c(F)cccc2F)c1. The lowest BCUT2D eigenvalue weighted by Gasteiger charge is -2.13. The zero-order valence-corrected chi connectivity index (χ0v) is 9.60. The zero-order valence-electron chi connectivity index (χ0n) is 9.60. The van der Waals surface area contributed by atoms with E-state index in [1.165, 1.54) is 31.6 Å². The highest BCUT2D eigenvalue weighted by molar-refractivity contribution is 5.33. The molecule has 0 saturated heterocycles. The number of rotatable bonds is 3. The molecule has 1 unspecified atom stereocenters. The summed E-state index contributed by atoms with van der Waals surface area (Å²) in [5.74, 6) is -1.20. The van der Waals surface area contributed by atoms with Crippen molar-refractivity contribution in [2.75, 3.05) is 7.11 Å². The van der Waals surface area contributed by atoms with Crippen LogP contribution in [0.1, 0.15) is 17.2 Å². The number of hydrogen-bond acceptors (Lipinski definition) is 3. The highest BCUT2D eigenvalue weighted by Gasteiger charge is 2.20. The van der Waals surface area contributed by atoms with Crippen LogP contribution in [-0.4, -0.2) is 17.2 Å². The number of benzene rings is 1. The Morgan fingerprint density at radius 2 is 1.89 bits per heavy atom. The average molecular weight is 251 g/mol. The van der Waals surface area contributed by atoms with Gasteiger partial charge in [0.1, 0.15) is 23.5 Å². The van der Waals surface area contributed by atoms with Gasteiger partial charge >= 0.3 is 0 Å². The summed E-state index contributed by atoms with van der Waals surface area (Å²) in [5, 5.41) is 10.00. The average Bonchev–Trinajstić information content (AvgIpc) is 2.38. The smallest absolute Gasteiger partial charge is 0.137 e. The lowest BCUT2D eigenvalue weighted by Crippen LogP contribution is -2.06. The molecule has 1 N–H and O–H groups in total. The molecule has 2 aromatic rings. The van der Waals surface area contributed by atoms with Gasteiger partial charge in [-0.3, -0.25) is 4.98 Å². The number of aliphatic hydroxyl groups excluding tert-OH is 1. The molecule has 1 atom stereocenters. The van der Waals surface area contributed by atoms with Crippen LogP contribution < -0.4 is 4.74 Å². The summed E-state index contributed by atoms with van der Waals surface area (Å²) in [6.45, 7) is 0. The first-order chi connectivity index (χ1) is 8.63. The van der Waals surface area contributed by atoms with Crippen LogP contribution in [0.4, 0.5) is 8.78 Å². The van der Waals surface area contributed by atoms with E-state index in [9.17, 15) is 13.9 Å². The third-order valence-electron chi connectivity index (χ3n) is 2.56. The molecular weight excluding hydrogens is 240 g/mol. The van der Waals surface area contributed by atoms with Crippen LogP contribution in [0.3, 0.4) is 0 Å². The lowest BCUT2D eigenvalue weighted by atomic mass is 10.0. The monoisotopic (exact) mass is 251 g/mol. The van der Waals surface area contributed by atoms with E-state index < -0.39 is 23.3 Å². The van der Waals surface area contributed by atoms with Gasteiger partial charge in [0.05, 0.1) is 18.9 Å². The molecule has 2 rings (SSSR count). The molecule has 5 heteroatoms. The molecule has 0 amide bonds. The van der Waals surface area contributed by atoms with Gasteiger partial charge < -0.3 is 9.84 Å². The first-order valence-corrected chi connectivity index (χ1v) is 5.24. The van der Waals surface area contributed by atoms with Crippen LogP contribution in [0.5, 0.6) is 5.75 Å². The maximum absolute atomic E-state index is 13.5. The summed E-state index contributed by atoms with van der Waals surface area (Å²) in [7, 11) is 1.44. The second-order valence-corrected chi connectivity index (χ2v) is 3.70. The van der Waals surface area contributed by atoms with E-state index in [1.807, 2.05) is 0 Å². The van der Waals surface area contributed by atoms with Crippen molar-refractivity contribution in [3.8, 4) is 5.75 Å². The highest BCUT2D eigenvalue weighted by atomic mass is 19.1. The van der Waals surface area contributed by atoms with Gasteiger partial charge in [-0.2, -0.15) is 0 Å². The third-order valence-corrected chi connectivity index (χ3v) is 2.56. The molecule has 0 fully saturated rings. The van der Waals surface area contributed by atoms with Crippen molar-refractivity contribution in [1.29, 1.82) is 0 Å². The van der Waals surface area contributed by atoms with Gasteiger partial charge in [0, 0.05) is 11.8 Å². The summed E-state index contributed by atoms with van der Waals surface area (Å²) in [6.07, 6.45) is 1.35. The van der Waals surface area contributed by atoms with Crippen molar-refractivity contribution >= 4 is 0 Å². The number of halogens is 2. The molecule has 0 saturated carbocycles. The standard InChI is InChI=1S/C13H11F2NO2/c1-18-9-5-8(6-16-7-9)13(17)12-10(14)3-2-4-11(12)15/h2-7,13,17H,1H3. The van der Waals surface area contributed by atoms with E-state index >= 15 is 0 Å². The Hall–Kier alpha value is -2.01. The summed E-state index contributed by atoms with van der Waals surface area (Å²) < 4.78 is 32.0. The number of aliphatic hydroxyl groups is 1. The molecule has 0 aliphatic carbocycles. The van der Waals surface area contributed by atoms with Crippen LogP contribution in [0.2, 0.25) is 0 Å². The van der Waals surface area contributed by atoms with E-state index in [0.29, 0.717) is 5.75 Å². The molecule has 1 heterocycles. The van der Waals surface area contributed by atoms with Crippen molar-refractivity contribution in [1.82, 2.24) is 4.98 Å². The summed E-state index contributed by atoms with van der Waals surface area (Å²) in [6, 6.07) is 4.90. The van der Waals surface area contributed by atoms with Crippen molar-refractivity contribution in [2.45, 2.75) is 6.10 Å². The molecule has 18 heavy (non-hydrogen) atoms. The second-order valence-electron chi connectivity index (χ2n) is 3.70. The Kier molecular flexibility index (Phi) is 3.53. The highest BCUT2D eigenvalue weighted by Crippen LogP contribution is 2.27. The van der Waals surface area contributed by atoms with Gasteiger partial charge in [-0.15, -0.1) is 0 Å². The van der Waals surface area contributed by atoms with Crippen LogP contribution in [0.25, 0.3) is 0 Å². The molecule has 3 nitrogen and oxygen atoms in total. The number of nitrogens with zero attached hydrogens (tertiary/aromatic N) is 1. The van der Waals surface area contributed by atoms with E-state index in [1.54, 1.807) is 0 Å². The normalized spacial score (nSPS) is 12.2. The first-order valence-electron chi connectivity index (χ1n) is 5.24. The molecule has 1 aromatic heterocycles. The summed E-state index contributed by atoms with van der Waals surface area (Å²) in [4.78, 5) is 3.83. The van der Waals surface area contributed by atoms with Crippen molar-refractivity contribution < 1.29 is 18.6 Å². The molecule has 94 valence electrons. The number of pyridine rings is 1. The topological polar surface area (TPSA) is 42.4 Å². The predicted octanol–water partition coefficient (Wildman–Crippen LogP) is 2.45. The second kappa shape index (κ2) is 5.10. The van der Waals surface area contributed by atoms with Crippen molar-refractivity contribution in [3.05, 3.63) is 59.4 Å². The summed E-state index contributed by atoms with van der Waals surface area (Å²) >= 11 is 0. The van der Waals surface area contributed by atoms with Gasteiger partial charge in [-0.25, -0.2) is 8.78 Å². The maximum Gasteiger partial charge on any atom is 0.137 e. The summed E-state index contributed by atoms with van der Waals surface area (Å²) in [5.41, 5.74) is -0.133. The molecule has 0 spiro atoms. The Balaban J connectivity index is 2.44. The zero-order chi connectivity index (χ0) is 13.1. The lowest BCUT2D eigenvalue weighted by molar-refractivity contribution is 0.208. The van der Waals surface area contributed by atoms with E-state index in [4.69, 9.17) is 4.74 Å². The van der Waals surface area contributed by atoms with E-state index in [0.717, 1.165) is 12.1 Å². The van der Waals surface area contributed by atoms with Crippen LogP contribution in [0, 0.1) is 11.6 Å². The number of aromatic nitrogens is 1. The third kappa shape index (κ3) is 2.31. The quantitative estimate of drug-likeness (QED) is 0.911. The minimum Gasteiger partial charge on any atom is -0.495 e. The Bertz CT molecular complexity index is 540. The van der Waals surface area contributed by atoms with Gasteiger partial charge in [0.25, 0.3) is 0 Å². The number of methoxy groups -OCH3 is 1. The van der Waals surface area contributed by atoms with Gasteiger partial charge in [0.2, 0.25) is 0 Å². The predicted molar refractivity (Wildman–Crippen MR) is 61.2 cm³/mol. The van der Waals surface area contributed by atoms with Crippen LogP contribution in [-0.2, 0) is 0 Å².